The van der Waals surface area contributed by atoms with Crippen molar-refractivity contribution in [3.63, 3.8) is 0 Å². The number of ether oxygens (including phenoxy) is 1. The molecule has 2 rings (SSSR count). The van der Waals surface area contributed by atoms with E-state index in [4.69, 9.17) is 4.74 Å². The highest BCUT2D eigenvalue weighted by Gasteiger charge is 2.23. The van der Waals surface area contributed by atoms with Crippen LogP contribution in [0, 0.1) is 0 Å². The smallest absolute Gasteiger partial charge is 0.240 e. The van der Waals surface area contributed by atoms with E-state index in [1.807, 2.05) is 0 Å². The predicted octanol–water partition coefficient (Wildman–Crippen LogP) is 0.688. The van der Waals surface area contributed by atoms with Gasteiger partial charge in [0.15, 0.2) is 9.84 Å². The van der Waals surface area contributed by atoms with Crippen molar-refractivity contribution in [3.05, 3.63) is 29.8 Å². The van der Waals surface area contributed by atoms with Gasteiger partial charge in [-0.2, -0.15) is 0 Å². The van der Waals surface area contributed by atoms with E-state index in [2.05, 4.69) is 4.72 Å². The van der Waals surface area contributed by atoms with Crippen molar-refractivity contribution >= 4 is 19.9 Å². The molecule has 0 bridgehead atoms. The number of sulfonamides is 1. The molecule has 21 heavy (non-hydrogen) atoms. The molecule has 1 atom stereocenters. The largest absolute Gasteiger partial charge is 0.377 e. The Labute approximate surface area is 125 Å². The average molecular weight is 333 g/mol. The van der Waals surface area contributed by atoms with Gasteiger partial charge in [0, 0.05) is 6.61 Å². The summed E-state index contributed by atoms with van der Waals surface area (Å²) in [6, 6.07) is 5.86. The first-order valence-corrected chi connectivity index (χ1v) is 9.97. The Kier molecular flexibility index (Phi) is 5.03. The lowest BCUT2D eigenvalue weighted by molar-refractivity contribution is 0.127. The quantitative estimate of drug-likeness (QED) is 0.827. The lowest BCUT2D eigenvalue weighted by atomic mass is 10.2. The van der Waals surface area contributed by atoms with Crippen LogP contribution in [0.25, 0.3) is 0 Å². The minimum absolute atomic E-state index is 0.0174. The summed E-state index contributed by atoms with van der Waals surface area (Å²) >= 11 is 0. The maximum atomic E-state index is 12.1. The molecule has 1 aliphatic rings. The molecular formula is C13H19NO5S2. The summed E-state index contributed by atoms with van der Waals surface area (Å²) in [5, 5.41) is 0. The number of rotatable bonds is 6. The van der Waals surface area contributed by atoms with Crippen LogP contribution in [-0.2, 0) is 30.4 Å². The number of benzene rings is 1. The van der Waals surface area contributed by atoms with Crippen LogP contribution in [-0.4, -0.2) is 42.3 Å². The Morgan fingerprint density at radius 1 is 1.19 bits per heavy atom. The van der Waals surface area contributed by atoms with Crippen molar-refractivity contribution in [2.75, 3.05) is 19.4 Å². The summed E-state index contributed by atoms with van der Waals surface area (Å²) in [6.45, 7) is 0.622. The van der Waals surface area contributed by atoms with Crippen molar-refractivity contribution in [2.45, 2.75) is 29.6 Å². The number of nitrogens with one attached hydrogen (secondary N) is 1. The molecule has 1 aromatic rings. The van der Waals surface area contributed by atoms with E-state index in [9.17, 15) is 16.8 Å². The van der Waals surface area contributed by atoms with Crippen LogP contribution >= 0.6 is 0 Å². The van der Waals surface area contributed by atoms with Gasteiger partial charge in [0.25, 0.3) is 0 Å². The fourth-order valence-electron chi connectivity index (χ4n) is 2.25. The Morgan fingerprint density at radius 2 is 1.86 bits per heavy atom. The van der Waals surface area contributed by atoms with Crippen molar-refractivity contribution in [2.24, 2.45) is 0 Å². The first-order chi connectivity index (χ1) is 9.82. The molecule has 1 aromatic carbocycles. The van der Waals surface area contributed by atoms with Crippen LogP contribution in [0.5, 0.6) is 0 Å². The number of hydrogen-bond donors (Lipinski definition) is 1. The highest BCUT2D eigenvalue weighted by atomic mass is 32.2. The number of sulfone groups is 1. The van der Waals surface area contributed by atoms with Gasteiger partial charge in [-0.15, -0.1) is 0 Å². The summed E-state index contributed by atoms with van der Waals surface area (Å²) in [7, 11) is -5.43. The molecule has 6 nitrogen and oxygen atoms in total. The second-order valence-electron chi connectivity index (χ2n) is 5.04. The minimum atomic E-state index is -3.50. The highest BCUT2D eigenvalue weighted by molar-refractivity contribution is 7.90. The molecule has 118 valence electrons. The summed E-state index contributed by atoms with van der Waals surface area (Å²) in [5.74, 6) is -0.0870. The molecule has 1 N–H and O–H groups in total. The molecule has 8 heteroatoms. The predicted molar refractivity (Wildman–Crippen MR) is 79.2 cm³/mol. The normalized spacial score (nSPS) is 19.8. The van der Waals surface area contributed by atoms with E-state index in [1.165, 1.54) is 31.3 Å². The molecule has 1 heterocycles. The van der Waals surface area contributed by atoms with E-state index in [-0.39, 0.29) is 22.5 Å². The van der Waals surface area contributed by atoms with Crippen LogP contribution < -0.4 is 4.72 Å². The molecule has 1 aliphatic heterocycles. The monoisotopic (exact) mass is 333 g/mol. The third kappa shape index (κ3) is 4.50. The lowest BCUT2D eigenvalue weighted by Crippen LogP contribution is -2.21. The first kappa shape index (κ1) is 16.4. The van der Waals surface area contributed by atoms with Gasteiger partial charge in [-0.3, -0.25) is 0 Å². The fraction of sp³-hybridized carbons (Fsp3) is 0.538. The average Bonchev–Trinajstić information content (AvgIpc) is 2.91. The van der Waals surface area contributed by atoms with Gasteiger partial charge in [0.1, 0.15) is 0 Å². The van der Waals surface area contributed by atoms with Crippen molar-refractivity contribution in [1.29, 1.82) is 0 Å². The van der Waals surface area contributed by atoms with E-state index < -0.39 is 19.9 Å². The Bertz CT molecular complexity index is 674. The van der Waals surface area contributed by atoms with Crippen LogP contribution in [0.2, 0.25) is 0 Å². The van der Waals surface area contributed by atoms with Gasteiger partial charge in [-0.05, 0) is 37.6 Å². The van der Waals surface area contributed by atoms with E-state index in [0.29, 0.717) is 12.2 Å². The standard InChI is InChI=1S/C13H19NO5S2/c1-14-21(17,18)13-6-4-11(5-7-13)9-20(15,16)10-12-3-2-8-19-12/h4-7,12,14H,2-3,8-10H2,1H3. The third-order valence-corrected chi connectivity index (χ3v) is 6.44. The highest BCUT2D eigenvalue weighted by Crippen LogP contribution is 2.17. The Hall–Kier alpha value is -0.960. The Balaban J connectivity index is 2.05. The Morgan fingerprint density at radius 3 is 2.38 bits per heavy atom. The topological polar surface area (TPSA) is 89.5 Å². The maximum Gasteiger partial charge on any atom is 0.240 e. The maximum absolute atomic E-state index is 12.1. The van der Waals surface area contributed by atoms with Crippen molar-refractivity contribution < 1.29 is 21.6 Å². The molecule has 0 amide bonds. The second kappa shape index (κ2) is 6.43. The summed E-state index contributed by atoms with van der Waals surface area (Å²) in [5.41, 5.74) is 0.572. The summed E-state index contributed by atoms with van der Waals surface area (Å²) in [6.07, 6.45) is 1.47. The zero-order chi connectivity index (χ0) is 15.5. The molecule has 1 unspecified atom stereocenters. The zero-order valence-corrected chi connectivity index (χ0v) is 13.4. The zero-order valence-electron chi connectivity index (χ0n) is 11.8. The SMILES string of the molecule is CNS(=O)(=O)c1ccc(CS(=O)(=O)CC2CCCO2)cc1. The molecule has 0 aromatic heterocycles. The van der Waals surface area contributed by atoms with Crippen LogP contribution in [0.1, 0.15) is 18.4 Å². The van der Waals surface area contributed by atoms with Gasteiger partial charge in [0.2, 0.25) is 10.0 Å². The lowest BCUT2D eigenvalue weighted by Gasteiger charge is -2.10. The molecule has 0 radical (unpaired) electrons. The van der Waals surface area contributed by atoms with Crippen LogP contribution in [0.4, 0.5) is 0 Å². The van der Waals surface area contributed by atoms with Gasteiger partial charge in [0.05, 0.1) is 22.5 Å². The van der Waals surface area contributed by atoms with Crippen LogP contribution in [0.3, 0.4) is 0 Å². The first-order valence-electron chi connectivity index (χ1n) is 6.67. The van der Waals surface area contributed by atoms with Gasteiger partial charge >= 0.3 is 0 Å². The van der Waals surface area contributed by atoms with Crippen LogP contribution in [0.15, 0.2) is 29.2 Å². The molecule has 1 fully saturated rings. The molecule has 1 saturated heterocycles. The second-order valence-corrected chi connectivity index (χ2v) is 9.04. The molecule has 0 saturated carbocycles. The summed E-state index contributed by atoms with van der Waals surface area (Å²) in [4.78, 5) is 0.116. The molecular weight excluding hydrogens is 314 g/mol. The van der Waals surface area contributed by atoms with Gasteiger partial charge in [-0.1, -0.05) is 12.1 Å². The number of hydrogen-bond acceptors (Lipinski definition) is 5. The van der Waals surface area contributed by atoms with E-state index in [0.717, 1.165) is 12.8 Å². The van der Waals surface area contributed by atoms with E-state index >= 15 is 0 Å². The van der Waals surface area contributed by atoms with Crippen molar-refractivity contribution in [1.82, 2.24) is 4.72 Å². The minimum Gasteiger partial charge on any atom is -0.377 e. The molecule has 0 aliphatic carbocycles. The van der Waals surface area contributed by atoms with Crippen molar-refractivity contribution in [3.8, 4) is 0 Å². The van der Waals surface area contributed by atoms with E-state index in [1.54, 1.807) is 0 Å². The van der Waals surface area contributed by atoms with Gasteiger partial charge < -0.3 is 4.74 Å². The third-order valence-electron chi connectivity index (χ3n) is 3.35. The fourth-order valence-corrected chi connectivity index (χ4v) is 4.63. The summed E-state index contributed by atoms with van der Waals surface area (Å²) < 4.78 is 54.9. The van der Waals surface area contributed by atoms with Gasteiger partial charge in [-0.25, -0.2) is 21.6 Å². The molecule has 0 spiro atoms.